The quantitative estimate of drug-likeness (QED) is 0.783. The van der Waals surface area contributed by atoms with E-state index < -0.39 is 0 Å². The van der Waals surface area contributed by atoms with E-state index in [-0.39, 0.29) is 31.0 Å². The lowest BCUT2D eigenvalue weighted by Gasteiger charge is -2.33. The summed E-state index contributed by atoms with van der Waals surface area (Å²) >= 11 is 0. The second-order valence-electron chi connectivity index (χ2n) is 4.01. The maximum Gasteiger partial charge on any atom is 0.248 e. The molecule has 1 heterocycles. The number of carbonyl (C=O) groups is 1. The lowest BCUT2D eigenvalue weighted by molar-refractivity contribution is -0.136. The fraction of sp³-hybridized carbons (Fsp3) is 0.900. The van der Waals surface area contributed by atoms with Gasteiger partial charge in [-0.1, -0.05) is 0 Å². The lowest BCUT2D eigenvalue weighted by atomic mass is 9.91. The van der Waals surface area contributed by atoms with Crippen molar-refractivity contribution < 1.29 is 9.53 Å². The van der Waals surface area contributed by atoms with E-state index in [2.05, 4.69) is 0 Å². The minimum atomic E-state index is 0. The molecular weight excluding hydrogens is 216 g/mol. The number of halogens is 1. The summed E-state index contributed by atoms with van der Waals surface area (Å²) in [6.45, 7) is 3.89. The fourth-order valence-electron chi connectivity index (χ4n) is 1.89. The van der Waals surface area contributed by atoms with Crippen molar-refractivity contribution in [2.24, 2.45) is 11.7 Å². The van der Waals surface area contributed by atoms with E-state index >= 15 is 0 Å². The largest absolute Gasteiger partial charge is 0.375 e. The smallest absolute Gasteiger partial charge is 0.248 e. The van der Waals surface area contributed by atoms with Gasteiger partial charge >= 0.3 is 0 Å². The number of hydrogen-bond acceptors (Lipinski definition) is 3. The van der Waals surface area contributed by atoms with E-state index in [1.54, 1.807) is 7.11 Å². The molecule has 4 nitrogen and oxygen atoms in total. The third-order valence-corrected chi connectivity index (χ3v) is 2.90. The third-order valence-electron chi connectivity index (χ3n) is 2.90. The van der Waals surface area contributed by atoms with E-state index in [1.807, 2.05) is 11.8 Å². The first-order valence-corrected chi connectivity index (χ1v) is 5.17. The highest BCUT2D eigenvalue weighted by Crippen LogP contribution is 2.19. The summed E-state index contributed by atoms with van der Waals surface area (Å²) in [5.74, 6) is 0.664. The number of carbonyl (C=O) groups excluding carboxylic acids is 1. The minimum absolute atomic E-state index is 0. The number of hydrogen-bond donors (Lipinski definition) is 1. The van der Waals surface area contributed by atoms with Crippen LogP contribution in [0.2, 0.25) is 0 Å². The van der Waals surface area contributed by atoms with Crippen molar-refractivity contribution in [1.29, 1.82) is 0 Å². The number of likely N-dealkylation sites (tertiary alicyclic amines) is 1. The molecule has 1 amide bonds. The van der Waals surface area contributed by atoms with Crippen LogP contribution in [0.4, 0.5) is 0 Å². The van der Waals surface area contributed by atoms with Crippen molar-refractivity contribution >= 4 is 18.3 Å². The zero-order chi connectivity index (χ0) is 10.6. The van der Waals surface area contributed by atoms with Gasteiger partial charge in [-0.25, -0.2) is 0 Å². The number of methoxy groups -OCH3 is 1. The normalized spacial score (nSPS) is 19.5. The number of nitrogens with two attached hydrogens (primary N) is 1. The molecule has 1 fully saturated rings. The van der Waals surface area contributed by atoms with E-state index in [0.29, 0.717) is 5.92 Å². The maximum atomic E-state index is 11.4. The van der Waals surface area contributed by atoms with Crippen molar-refractivity contribution in [2.75, 3.05) is 26.8 Å². The summed E-state index contributed by atoms with van der Waals surface area (Å²) in [7, 11) is 1.55. The van der Waals surface area contributed by atoms with Gasteiger partial charge in [-0.15, -0.1) is 12.4 Å². The Morgan fingerprint density at radius 3 is 2.47 bits per heavy atom. The maximum absolute atomic E-state index is 11.4. The molecule has 0 saturated carbocycles. The molecule has 0 aliphatic carbocycles. The number of amides is 1. The number of nitrogens with zero attached hydrogens (tertiary/aromatic N) is 1. The summed E-state index contributed by atoms with van der Waals surface area (Å²) < 4.78 is 4.82. The third kappa shape index (κ3) is 4.36. The first-order chi connectivity index (χ1) is 6.65. The molecule has 1 unspecified atom stereocenters. The summed E-state index contributed by atoms with van der Waals surface area (Å²) in [5.41, 5.74) is 5.82. The van der Waals surface area contributed by atoms with Gasteiger partial charge in [0.15, 0.2) is 0 Å². The van der Waals surface area contributed by atoms with E-state index in [0.717, 1.165) is 25.9 Å². The van der Waals surface area contributed by atoms with Gasteiger partial charge in [0.2, 0.25) is 5.91 Å². The lowest BCUT2D eigenvalue weighted by Crippen LogP contribution is -2.43. The molecule has 1 aliphatic rings. The Balaban J connectivity index is 0.00000196. The van der Waals surface area contributed by atoms with Crippen LogP contribution in [0, 0.1) is 5.92 Å². The molecule has 1 atom stereocenters. The van der Waals surface area contributed by atoms with Crippen molar-refractivity contribution in [3.63, 3.8) is 0 Å². The number of rotatable bonds is 3. The van der Waals surface area contributed by atoms with Crippen LogP contribution in [0.25, 0.3) is 0 Å². The molecule has 2 N–H and O–H groups in total. The van der Waals surface area contributed by atoms with Crippen LogP contribution in [0.1, 0.15) is 19.8 Å². The zero-order valence-electron chi connectivity index (χ0n) is 9.44. The Bertz CT molecular complexity index is 192. The first kappa shape index (κ1) is 14.7. The second kappa shape index (κ2) is 7.04. The Labute approximate surface area is 97.5 Å². The highest BCUT2D eigenvalue weighted by atomic mass is 35.5. The SMILES string of the molecule is COCC(=O)N1CCC(C(C)N)CC1.Cl. The predicted molar refractivity (Wildman–Crippen MR) is 62.1 cm³/mol. The van der Waals surface area contributed by atoms with Gasteiger partial charge in [0.25, 0.3) is 0 Å². The summed E-state index contributed by atoms with van der Waals surface area (Å²) in [6, 6.07) is 0.245. The first-order valence-electron chi connectivity index (χ1n) is 5.17. The fourth-order valence-corrected chi connectivity index (χ4v) is 1.89. The highest BCUT2D eigenvalue weighted by Gasteiger charge is 2.24. The van der Waals surface area contributed by atoms with Crippen LogP contribution in [-0.4, -0.2) is 43.7 Å². The number of ether oxygens (including phenoxy) is 1. The molecule has 5 heteroatoms. The van der Waals surface area contributed by atoms with Crippen molar-refractivity contribution in [3.8, 4) is 0 Å². The molecule has 1 saturated heterocycles. The van der Waals surface area contributed by atoms with Gasteiger partial charge < -0.3 is 15.4 Å². The van der Waals surface area contributed by atoms with Gasteiger partial charge in [-0.3, -0.25) is 4.79 Å². The van der Waals surface area contributed by atoms with Gasteiger partial charge in [0.1, 0.15) is 6.61 Å². The minimum Gasteiger partial charge on any atom is -0.375 e. The van der Waals surface area contributed by atoms with E-state index in [4.69, 9.17) is 10.5 Å². The summed E-state index contributed by atoms with van der Waals surface area (Å²) in [4.78, 5) is 13.3. The number of piperidine rings is 1. The van der Waals surface area contributed by atoms with Gasteiger partial charge in [0, 0.05) is 26.2 Å². The van der Waals surface area contributed by atoms with E-state index in [1.165, 1.54) is 0 Å². The molecule has 0 bridgehead atoms. The molecule has 15 heavy (non-hydrogen) atoms. The Kier molecular flexibility index (Phi) is 6.89. The van der Waals surface area contributed by atoms with Crippen LogP contribution in [0.5, 0.6) is 0 Å². The van der Waals surface area contributed by atoms with Crippen LogP contribution >= 0.6 is 12.4 Å². The Hall–Kier alpha value is -0.320. The van der Waals surface area contributed by atoms with Crippen molar-refractivity contribution in [1.82, 2.24) is 4.90 Å². The molecule has 0 aromatic rings. The molecule has 1 rings (SSSR count). The summed E-state index contributed by atoms with van der Waals surface area (Å²) in [5, 5.41) is 0. The van der Waals surface area contributed by atoms with Crippen LogP contribution in [-0.2, 0) is 9.53 Å². The average molecular weight is 237 g/mol. The van der Waals surface area contributed by atoms with Gasteiger partial charge in [-0.2, -0.15) is 0 Å². The van der Waals surface area contributed by atoms with Crippen LogP contribution in [0.15, 0.2) is 0 Å². The standard InChI is InChI=1S/C10H20N2O2.ClH/c1-8(11)9-3-5-12(6-4-9)10(13)7-14-2;/h8-9H,3-7,11H2,1-2H3;1H. The van der Waals surface area contributed by atoms with Gasteiger partial charge in [-0.05, 0) is 25.7 Å². The average Bonchev–Trinajstić information content (AvgIpc) is 2.18. The highest BCUT2D eigenvalue weighted by molar-refractivity contribution is 5.85. The molecule has 1 aliphatic heterocycles. The molecule has 90 valence electrons. The Morgan fingerprint density at radius 2 is 2.07 bits per heavy atom. The zero-order valence-corrected chi connectivity index (χ0v) is 10.3. The predicted octanol–water partition coefficient (Wildman–Crippen LogP) is 0.640. The molecule has 0 aromatic heterocycles. The summed E-state index contributed by atoms with van der Waals surface area (Å²) in [6.07, 6.45) is 2.04. The van der Waals surface area contributed by atoms with Crippen LogP contribution in [0.3, 0.4) is 0 Å². The van der Waals surface area contributed by atoms with Crippen LogP contribution < -0.4 is 5.73 Å². The Morgan fingerprint density at radius 1 is 1.53 bits per heavy atom. The second-order valence-corrected chi connectivity index (χ2v) is 4.01. The van der Waals surface area contributed by atoms with Gasteiger partial charge in [0.05, 0.1) is 0 Å². The molecular formula is C10H21ClN2O2. The topological polar surface area (TPSA) is 55.6 Å². The van der Waals surface area contributed by atoms with Crippen molar-refractivity contribution in [2.45, 2.75) is 25.8 Å². The molecule has 0 spiro atoms. The molecule has 0 aromatic carbocycles. The monoisotopic (exact) mass is 236 g/mol. The molecule has 0 radical (unpaired) electrons. The van der Waals surface area contributed by atoms with Crippen molar-refractivity contribution in [3.05, 3.63) is 0 Å². The van der Waals surface area contributed by atoms with E-state index in [9.17, 15) is 4.79 Å².